The van der Waals surface area contributed by atoms with Gasteiger partial charge < -0.3 is 10.5 Å². The maximum atomic E-state index is 12.4. The molecule has 6 heteroatoms. The molecule has 0 aliphatic heterocycles. The van der Waals surface area contributed by atoms with Crippen LogP contribution in [0.1, 0.15) is 24.6 Å². The summed E-state index contributed by atoms with van der Waals surface area (Å²) in [6.45, 7) is 3.65. The van der Waals surface area contributed by atoms with Crippen molar-refractivity contribution in [1.82, 2.24) is 9.36 Å². The molecule has 0 fully saturated rings. The number of rotatable bonds is 6. The topological polar surface area (TPSA) is 62.2 Å². The lowest BCUT2D eigenvalue weighted by molar-refractivity contribution is 0.175. The summed E-state index contributed by atoms with van der Waals surface area (Å²) in [4.78, 5) is 12.4. The maximum Gasteiger partial charge on any atom is 0.290 e. The van der Waals surface area contributed by atoms with E-state index < -0.39 is 0 Å². The van der Waals surface area contributed by atoms with Crippen molar-refractivity contribution in [1.29, 1.82) is 0 Å². The highest BCUT2D eigenvalue weighted by Crippen LogP contribution is 2.14. The van der Waals surface area contributed by atoms with E-state index in [4.69, 9.17) is 10.5 Å². The second-order valence-corrected chi connectivity index (χ2v) is 5.82. The standard InChI is InChI=1S/C15H20BrN3O2/c1-3-8-18-13(10-21-2)14(17)15(20)19(18)9-11-4-6-12(16)7-5-11/h4-7H,3,8-10,17H2,1-2H3. The Morgan fingerprint density at radius 2 is 1.90 bits per heavy atom. The van der Waals surface area contributed by atoms with Gasteiger partial charge in [-0.25, -0.2) is 4.68 Å². The summed E-state index contributed by atoms with van der Waals surface area (Å²) in [6.07, 6.45) is 0.921. The van der Waals surface area contributed by atoms with E-state index in [1.54, 1.807) is 11.8 Å². The van der Waals surface area contributed by atoms with Gasteiger partial charge in [-0.1, -0.05) is 35.0 Å². The molecule has 0 radical (unpaired) electrons. The van der Waals surface area contributed by atoms with Crippen LogP contribution in [0.25, 0.3) is 0 Å². The molecule has 1 aromatic carbocycles. The SMILES string of the molecule is CCCn1c(COC)c(N)c(=O)n1Cc1ccc(Br)cc1. The highest BCUT2D eigenvalue weighted by Gasteiger charge is 2.17. The summed E-state index contributed by atoms with van der Waals surface area (Å²) in [5.41, 5.74) is 7.89. The van der Waals surface area contributed by atoms with E-state index in [0.717, 1.165) is 28.7 Å². The first-order valence-electron chi connectivity index (χ1n) is 6.89. The second-order valence-electron chi connectivity index (χ2n) is 4.91. The number of nitrogens with zero attached hydrogens (tertiary/aromatic N) is 2. The van der Waals surface area contributed by atoms with E-state index >= 15 is 0 Å². The van der Waals surface area contributed by atoms with Gasteiger partial charge >= 0.3 is 0 Å². The van der Waals surface area contributed by atoms with Gasteiger partial charge in [-0.05, 0) is 24.1 Å². The number of nitrogen functional groups attached to an aromatic ring is 1. The number of aromatic nitrogens is 2. The largest absolute Gasteiger partial charge is 0.393 e. The lowest BCUT2D eigenvalue weighted by Crippen LogP contribution is -2.25. The maximum absolute atomic E-state index is 12.4. The highest BCUT2D eigenvalue weighted by molar-refractivity contribution is 9.10. The first kappa shape index (κ1) is 15.9. The molecule has 5 nitrogen and oxygen atoms in total. The Kier molecular flexibility index (Phi) is 5.25. The van der Waals surface area contributed by atoms with E-state index in [-0.39, 0.29) is 11.2 Å². The molecule has 114 valence electrons. The quantitative estimate of drug-likeness (QED) is 0.867. The van der Waals surface area contributed by atoms with Crippen molar-refractivity contribution in [2.45, 2.75) is 33.0 Å². The van der Waals surface area contributed by atoms with Gasteiger partial charge in [0.2, 0.25) is 0 Å². The molecule has 0 unspecified atom stereocenters. The van der Waals surface area contributed by atoms with Crippen molar-refractivity contribution in [2.24, 2.45) is 0 Å². The highest BCUT2D eigenvalue weighted by atomic mass is 79.9. The van der Waals surface area contributed by atoms with Gasteiger partial charge in [-0.2, -0.15) is 0 Å². The van der Waals surface area contributed by atoms with Gasteiger partial charge in [-0.15, -0.1) is 0 Å². The molecular weight excluding hydrogens is 334 g/mol. The summed E-state index contributed by atoms with van der Waals surface area (Å²) in [7, 11) is 1.60. The molecule has 0 spiro atoms. The van der Waals surface area contributed by atoms with Crippen molar-refractivity contribution in [3.8, 4) is 0 Å². The Morgan fingerprint density at radius 1 is 1.24 bits per heavy atom. The zero-order valence-electron chi connectivity index (χ0n) is 12.3. The summed E-state index contributed by atoms with van der Waals surface area (Å²) >= 11 is 3.41. The van der Waals surface area contributed by atoms with Crippen molar-refractivity contribution >= 4 is 21.6 Å². The van der Waals surface area contributed by atoms with Crippen LogP contribution >= 0.6 is 15.9 Å². The van der Waals surface area contributed by atoms with Crippen molar-refractivity contribution < 1.29 is 4.74 Å². The third-order valence-electron chi connectivity index (χ3n) is 3.34. The average molecular weight is 354 g/mol. The predicted molar refractivity (Wildman–Crippen MR) is 87.4 cm³/mol. The van der Waals surface area contributed by atoms with E-state index in [0.29, 0.717) is 13.2 Å². The van der Waals surface area contributed by atoms with Crippen LogP contribution in [-0.4, -0.2) is 16.5 Å². The Hall–Kier alpha value is -1.53. The van der Waals surface area contributed by atoms with Crippen LogP contribution in [0.15, 0.2) is 33.5 Å². The minimum Gasteiger partial charge on any atom is -0.393 e. The van der Waals surface area contributed by atoms with E-state index in [9.17, 15) is 4.79 Å². The van der Waals surface area contributed by atoms with Crippen LogP contribution in [0.3, 0.4) is 0 Å². The summed E-state index contributed by atoms with van der Waals surface area (Å²) < 4.78 is 9.81. The van der Waals surface area contributed by atoms with Gasteiger partial charge in [0.25, 0.3) is 5.56 Å². The van der Waals surface area contributed by atoms with E-state index in [1.807, 2.05) is 28.9 Å². The summed E-state index contributed by atoms with van der Waals surface area (Å²) in [5, 5.41) is 0. The minimum absolute atomic E-state index is 0.154. The first-order valence-corrected chi connectivity index (χ1v) is 7.69. The molecule has 1 heterocycles. The normalized spacial score (nSPS) is 11.0. The number of benzene rings is 1. The molecule has 2 rings (SSSR count). The predicted octanol–water partition coefficient (Wildman–Crippen LogP) is 2.60. The molecule has 0 saturated heterocycles. The number of hydrogen-bond donors (Lipinski definition) is 1. The number of halogens is 1. The summed E-state index contributed by atoms with van der Waals surface area (Å²) in [5.74, 6) is 0. The molecule has 1 aromatic heterocycles. The second kappa shape index (κ2) is 6.95. The monoisotopic (exact) mass is 353 g/mol. The molecule has 2 N–H and O–H groups in total. The Morgan fingerprint density at radius 3 is 2.48 bits per heavy atom. The van der Waals surface area contributed by atoms with Crippen molar-refractivity contribution in [2.75, 3.05) is 12.8 Å². The van der Waals surface area contributed by atoms with Crippen molar-refractivity contribution in [3.05, 3.63) is 50.3 Å². The Labute approximate surface area is 132 Å². The molecule has 0 aliphatic rings. The molecule has 0 amide bonds. The van der Waals surface area contributed by atoms with Crippen LogP contribution in [0.4, 0.5) is 5.69 Å². The number of hydrogen-bond acceptors (Lipinski definition) is 3. The Bertz CT molecular complexity index is 659. The minimum atomic E-state index is -0.154. The zero-order chi connectivity index (χ0) is 15.4. The molecule has 21 heavy (non-hydrogen) atoms. The molecular formula is C15H20BrN3O2. The van der Waals surface area contributed by atoms with E-state index in [2.05, 4.69) is 22.9 Å². The fourth-order valence-electron chi connectivity index (χ4n) is 2.33. The molecule has 0 bridgehead atoms. The Balaban J connectivity index is 2.44. The number of methoxy groups -OCH3 is 1. The van der Waals surface area contributed by atoms with Crippen LogP contribution < -0.4 is 11.3 Å². The average Bonchev–Trinajstić information content (AvgIpc) is 2.68. The van der Waals surface area contributed by atoms with Gasteiger partial charge in [0, 0.05) is 18.1 Å². The first-order chi connectivity index (χ1) is 10.1. The van der Waals surface area contributed by atoms with Crippen LogP contribution in [0, 0.1) is 0 Å². The fourth-order valence-corrected chi connectivity index (χ4v) is 2.60. The number of ether oxygens (including phenoxy) is 1. The van der Waals surface area contributed by atoms with Gasteiger partial charge in [0.1, 0.15) is 5.69 Å². The lowest BCUT2D eigenvalue weighted by atomic mass is 10.2. The van der Waals surface area contributed by atoms with Gasteiger partial charge in [0.05, 0.1) is 18.8 Å². The third-order valence-corrected chi connectivity index (χ3v) is 3.87. The number of anilines is 1. The smallest absolute Gasteiger partial charge is 0.290 e. The molecule has 0 saturated carbocycles. The number of nitrogens with two attached hydrogens (primary N) is 1. The van der Waals surface area contributed by atoms with Gasteiger partial charge in [0.15, 0.2) is 0 Å². The summed E-state index contributed by atoms with van der Waals surface area (Å²) in [6, 6.07) is 7.91. The van der Waals surface area contributed by atoms with Crippen LogP contribution in [-0.2, 0) is 24.4 Å². The molecule has 0 atom stereocenters. The fraction of sp³-hybridized carbons (Fsp3) is 0.400. The van der Waals surface area contributed by atoms with Crippen LogP contribution in [0.2, 0.25) is 0 Å². The molecule has 2 aromatic rings. The lowest BCUT2D eigenvalue weighted by Gasteiger charge is -2.14. The van der Waals surface area contributed by atoms with Crippen LogP contribution in [0.5, 0.6) is 0 Å². The van der Waals surface area contributed by atoms with Crippen molar-refractivity contribution in [3.63, 3.8) is 0 Å². The van der Waals surface area contributed by atoms with Gasteiger partial charge in [-0.3, -0.25) is 9.48 Å². The molecule has 0 aliphatic carbocycles. The zero-order valence-corrected chi connectivity index (χ0v) is 13.9. The third kappa shape index (κ3) is 3.39. The van der Waals surface area contributed by atoms with E-state index in [1.165, 1.54) is 0 Å².